The van der Waals surface area contributed by atoms with E-state index in [4.69, 9.17) is 0 Å². The monoisotopic (exact) mass is 392 g/mol. The minimum atomic E-state index is -3.67. The average Bonchev–Trinajstić information content (AvgIpc) is 2.90. The molecule has 0 aliphatic rings. The van der Waals surface area contributed by atoms with Crippen LogP contribution in [0.4, 0.5) is 0 Å². The third kappa shape index (κ3) is 3.43. The normalized spacial score (nSPS) is 12.1. The number of hydrazone groups is 1. The molecule has 0 radical (unpaired) electrons. The Morgan fingerprint density at radius 3 is 2.70 bits per heavy atom. The largest absolute Gasteiger partial charge is 0.276 e. The van der Waals surface area contributed by atoms with Gasteiger partial charge in [0.2, 0.25) is 0 Å². The van der Waals surface area contributed by atoms with Crippen molar-refractivity contribution in [3.8, 4) is 0 Å². The summed E-state index contributed by atoms with van der Waals surface area (Å²) in [4.78, 5) is 2.37. The van der Waals surface area contributed by atoms with Gasteiger partial charge in [0.05, 0.1) is 22.8 Å². The molecule has 0 amide bonds. The molecule has 0 aliphatic carbocycles. The van der Waals surface area contributed by atoms with Crippen LogP contribution in [0.5, 0.6) is 0 Å². The Balaban J connectivity index is 1.81. The van der Waals surface area contributed by atoms with Gasteiger partial charge in [-0.05, 0) is 47.1 Å². The lowest BCUT2D eigenvalue weighted by Gasteiger charge is -2.03. The summed E-state index contributed by atoms with van der Waals surface area (Å²) in [6, 6.07) is 10.3. The lowest BCUT2D eigenvalue weighted by molar-refractivity contribution is 0.584. The highest BCUT2D eigenvalue weighted by Crippen LogP contribution is 2.14. The maximum atomic E-state index is 12.1. The molecule has 0 saturated heterocycles. The van der Waals surface area contributed by atoms with E-state index < -0.39 is 10.0 Å². The zero-order chi connectivity index (χ0) is 16.4. The van der Waals surface area contributed by atoms with Crippen LogP contribution in [0.1, 0.15) is 11.1 Å². The highest BCUT2D eigenvalue weighted by molar-refractivity contribution is 9.10. The number of aromatic nitrogens is 2. The van der Waals surface area contributed by atoms with Crippen LogP contribution < -0.4 is 4.83 Å². The van der Waals surface area contributed by atoms with Crippen LogP contribution in [0.25, 0.3) is 5.52 Å². The topological polar surface area (TPSA) is 75.8 Å². The molecule has 0 aliphatic heterocycles. The van der Waals surface area contributed by atoms with Crippen molar-refractivity contribution in [3.63, 3.8) is 0 Å². The Bertz CT molecular complexity index is 978. The Morgan fingerprint density at radius 2 is 1.96 bits per heavy atom. The number of hydrogen-bond donors (Lipinski definition) is 1. The number of fused-ring (bicyclic) bond motifs is 1. The Morgan fingerprint density at radius 1 is 1.22 bits per heavy atom. The van der Waals surface area contributed by atoms with Crippen LogP contribution in [0.3, 0.4) is 0 Å². The number of sulfonamides is 1. The van der Waals surface area contributed by atoms with Crippen LogP contribution in [0.15, 0.2) is 63.3 Å². The van der Waals surface area contributed by atoms with Crippen molar-refractivity contribution < 1.29 is 8.42 Å². The first kappa shape index (κ1) is 15.7. The van der Waals surface area contributed by atoms with Gasteiger partial charge in [0.15, 0.2) is 0 Å². The molecule has 0 saturated carbocycles. The van der Waals surface area contributed by atoms with Gasteiger partial charge in [-0.3, -0.25) is 0 Å². The molecule has 23 heavy (non-hydrogen) atoms. The van der Waals surface area contributed by atoms with Crippen LogP contribution >= 0.6 is 15.9 Å². The second-order valence-corrected chi connectivity index (χ2v) is 7.52. The maximum absolute atomic E-state index is 12.1. The summed E-state index contributed by atoms with van der Waals surface area (Å²) in [5.41, 5.74) is 2.53. The van der Waals surface area contributed by atoms with E-state index in [-0.39, 0.29) is 4.90 Å². The molecular formula is C15H13BrN4O2S. The minimum absolute atomic E-state index is 0.170. The van der Waals surface area contributed by atoms with Crippen molar-refractivity contribution in [2.24, 2.45) is 5.10 Å². The predicted octanol–water partition coefficient (Wildman–Crippen LogP) is 2.72. The number of aryl methyl sites for hydroxylation is 1. The Kier molecular flexibility index (Phi) is 4.18. The highest BCUT2D eigenvalue weighted by Gasteiger charge is 2.12. The minimum Gasteiger partial charge on any atom is -0.239 e. The molecule has 1 N–H and O–H groups in total. The fourth-order valence-electron chi connectivity index (χ4n) is 2.01. The number of nitrogens with zero attached hydrogens (tertiary/aromatic N) is 3. The van der Waals surface area contributed by atoms with Crippen molar-refractivity contribution in [1.29, 1.82) is 0 Å². The van der Waals surface area contributed by atoms with Crippen LogP contribution in [0.2, 0.25) is 0 Å². The molecule has 0 atom stereocenters. The number of nitrogens with one attached hydrogen (secondary N) is 1. The van der Waals surface area contributed by atoms with E-state index in [1.54, 1.807) is 35.0 Å². The van der Waals surface area contributed by atoms with Crippen LogP contribution in [-0.4, -0.2) is 24.2 Å². The molecule has 2 heterocycles. The van der Waals surface area contributed by atoms with E-state index >= 15 is 0 Å². The van der Waals surface area contributed by atoms with Crippen LogP contribution in [-0.2, 0) is 10.0 Å². The van der Waals surface area contributed by atoms with E-state index in [0.717, 1.165) is 15.6 Å². The molecule has 1 aromatic carbocycles. The zero-order valence-electron chi connectivity index (χ0n) is 12.1. The first-order valence-corrected chi connectivity index (χ1v) is 8.98. The SMILES string of the molecule is Cc1ccc(S(=O)(=O)N/N=C\c2cnn3cc(Br)ccc23)cc1. The summed E-state index contributed by atoms with van der Waals surface area (Å²) in [5.74, 6) is 0. The van der Waals surface area contributed by atoms with Crippen molar-refractivity contribution in [2.75, 3.05) is 0 Å². The summed E-state index contributed by atoms with van der Waals surface area (Å²) >= 11 is 3.37. The number of halogens is 1. The first-order chi connectivity index (χ1) is 11.0. The van der Waals surface area contributed by atoms with Gasteiger partial charge in [0.1, 0.15) is 0 Å². The fraction of sp³-hybridized carbons (Fsp3) is 0.0667. The molecule has 3 rings (SSSR count). The smallest absolute Gasteiger partial charge is 0.239 e. The molecule has 2 aromatic heterocycles. The number of benzene rings is 1. The van der Waals surface area contributed by atoms with Gasteiger partial charge in [-0.1, -0.05) is 17.7 Å². The summed E-state index contributed by atoms with van der Waals surface area (Å²) in [6.07, 6.45) is 4.86. The summed E-state index contributed by atoms with van der Waals surface area (Å²) < 4.78 is 26.8. The fourth-order valence-corrected chi connectivity index (χ4v) is 3.13. The van der Waals surface area contributed by atoms with Gasteiger partial charge in [0.25, 0.3) is 10.0 Å². The molecule has 0 spiro atoms. The molecular weight excluding hydrogens is 380 g/mol. The van der Waals surface area contributed by atoms with E-state index in [2.05, 4.69) is 31.0 Å². The predicted molar refractivity (Wildman–Crippen MR) is 92.0 cm³/mol. The molecule has 0 bridgehead atoms. The number of hydrogen-bond acceptors (Lipinski definition) is 4. The van der Waals surface area contributed by atoms with Gasteiger partial charge in [-0.15, -0.1) is 0 Å². The third-order valence-corrected chi connectivity index (χ3v) is 4.93. The Labute approximate surface area is 142 Å². The lowest BCUT2D eigenvalue weighted by atomic mass is 10.2. The van der Waals surface area contributed by atoms with Crippen LogP contribution in [0, 0.1) is 6.92 Å². The standard InChI is InChI=1S/C15H13BrN4O2S/c1-11-2-5-14(6-3-11)23(21,22)19-17-8-12-9-18-20-10-13(16)4-7-15(12)20/h2-10,19H,1H3/b17-8-. The van der Waals surface area contributed by atoms with E-state index in [9.17, 15) is 8.42 Å². The van der Waals surface area contributed by atoms with Gasteiger partial charge in [-0.25, -0.2) is 9.35 Å². The molecule has 0 fully saturated rings. The Hall–Kier alpha value is -2.19. The molecule has 118 valence electrons. The molecule has 0 unspecified atom stereocenters. The number of rotatable bonds is 4. The third-order valence-electron chi connectivity index (χ3n) is 3.22. The molecule has 3 aromatic rings. The van der Waals surface area contributed by atoms with Gasteiger partial charge >= 0.3 is 0 Å². The van der Waals surface area contributed by atoms with E-state index in [0.29, 0.717) is 5.56 Å². The second kappa shape index (κ2) is 6.13. The van der Waals surface area contributed by atoms with E-state index in [1.165, 1.54) is 6.21 Å². The number of pyridine rings is 1. The van der Waals surface area contributed by atoms with Crippen molar-refractivity contribution in [3.05, 3.63) is 64.4 Å². The van der Waals surface area contributed by atoms with E-state index in [1.807, 2.05) is 25.3 Å². The van der Waals surface area contributed by atoms with Gasteiger partial charge in [-0.2, -0.15) is 18.6 Å². The molecule has 8 heteroatoms. The quantitative estimate of drug-likeness (QED) is 0.547. The summed E-state index contributed by atoms with van der Waals surface area (Å²) in [7, 11) is -3.67. The van der Waals surface area contributed by atoms with Crippen molar-refractivity contribution in [1.82, 2.24) is 14.4 Å². The average molecular weight is 393 g/mol. The van der Waals surface area contributed by atoms with Gasteiger partial charge in [0, 0.05) is 16.2 Å². The lowest BCUT2D eigenvalue weighted by Crippen LogP contribution is -2.18. The molecule has 6 nitrogen and oxygen atoms in total. The highest BCUT2D eigenvalue weighted by atomic mass is 79.9. The second-order valence-electron chi connectivity index (χ2n) is 4.94. The van der Waals surface area contributed by atoms with Crippen molar-refractivity contribution in [2.45, 2.75) is 11.8 Å². The summed E-state index contributed by atoms with van der Waals surface area (Å²) in [6.45, 7) is 1.89. The van der Waals surface area contributed by atoms with Gasteiger partial charge < -0.3 is 0 Å². The van der Waals surface area contributed by atoms with Crippen molar-refractivity contribution >= 4 is 37.7 Å². The first-order valence-electron chi connectivity index (χ1n) is 6.70. The maximum Gasteiger partial charge on any atom is 0.276 e. The zero-order valence-corrected chi connectivity index (χ0v) is 14.5. The summed E-state index contributed by atoms with van der Waals surface area (Å²) in [5, 5.41) is 8.01.